The lowest BCUT2D eigenvalue weighted by Gasteiger charge is -2.24. The van der Waals surface area contributed by atoms with Crippen molar-refractivity contribution in [2.75, 3.05) is 18.4 Å². The average Bonchev–Trinajstić information content (AvgIpc) is 2.67. The minimum Gasteiger partial charge on any atom is -0.367 e. The van der Waals surface area contributed by atoms with E-state index < -0.39 is 0 Å². The van der Waals surface area contributed by atoms with Gasteiger partial charge in [-0.3, -0.25) is 0 Å². The predicted octanol–water partition coefficient (Wildman–Crippen LogP) is 2.47. The molecule has 1 aliphatic rings. The van der Waals surface area contributed by atoms with Crippen molar-refractivity contribution in [3.63, 3.8) is 0 Å². The van der Waals surface area contributed by atoms with Crippen molar-refractivity contribution < 1.29 is 0 Å². The van der Waals surface area contributed by atoms with Gasteiger partial charge < -0.3 is 10.6 Å². The number of hydrogen-bond donors (Lipinski definition) is 2. The van der Waals surface area contributed by atoms with E-state index in [-0.39, 0.29) is 0 Å². The van der Waals surface area contributed by atoms with E-state index in [0.717, 1.165) is 36.6 Å². The van der Waals surface area contributed by atoms with E-state index in [1.54, 1.807) is 17.7 Å². The van der Waals surface area contributed by atoms with Gasteiger partial charge in [-0.1, -0.05) is 0 Å². The van der Waals surface area contributed by atoms with Crippen LogP contribution in [0.2, 0.25) is 0 Å². The topological polar surface area (TPSA) is 49.8 Å². The molecule has 3 heterocycles. The number of anilines is 1. The van der Waals surface area contributed by atoms with Crippen molar-refractivity contribution >= 4 is 27.4 Å². The molecule has 18 heavy (non-hydrogen) atoms. The lowest BCUT2D eigenvalue weighted by atomic mass is 10.1. The Bertz CT molecular complexity index is 557. The Morgan fingerprint density at radius 2 is 2.06 bits per heavy atom. The minimum absolute atomic E-state index is 0.531. The summed E-state index contributed by atoms with van der Waals surface area (Å²) in [5.74, 6) is 1.01. The minimum atomic E-state index is 0.531. The van der Waals surface area contributed by atoms with Gasteiger partial charge >= 0.3 is 0 Å². The Morgan fingerprint density at radius 3 is 2.83 bits per heavy atom. The van der Waals surface area contributed by atoms with Crippen molar-refractivity contribution in [1.82, 2.24) is 15.3 Å². The number of aromatic nitrogens is 2. The number of nitrogens with one attached hydrogen (secondary N) is 2. The molecule has 0 amide bonds. The van der Waals surface area contributed by atoms with Crippen LogP contribution in [0.4, 0.5) is 5.82 Å². The molecule has 0 aromatic carbocycles. The monoisotopic (exact) mass is 262 g/mol. The first-order valence-electron chi connectivity index (χ1n) is 6.43. The number of aryl methyl sites for hydroxylation is 2. The predicted molar refractivity (Wildman–Crippen MR) is 76.4 cm³/mol. The fourth-order valence-electron chi connectivity index (χ4n) is 2.45. The highest BCUT2D eigenvalue weighted by Crippen LogP contribution is 2.33. The average molecular weight is 262 g/mol. The summed E-state index contributed by atoms with van der Waals surface area (Å²) < 4.78 is 0. The number of fused-ring (bicyclic) bond motifs is 1. The Morgan fingerprint density at radius 1 is 1.28 bits per heavy atom. The van der Waals surface area contributed by atoms with Gasteiger partial charge in [0.15, 0.2) is 0 Å². The molecular weight excluding hydrogens is 244 g/mol. The fourth-order valence-corrected chi connectivity index (χ4v) is 3.45. The molecule has 1 aliphatic heterocycles. The first-order valence-corrected chi connectivity index (χ1v) is 7.25. The Kier molecular flexibility index (Phi) is 3.18. The summed E-state index contributed by atoms with van der Waals surface area (Å²) in [6.45, 7) is 6.49. The molecule has 5 heteroatoms. The van der Waals surface area contributed by atoms with Crippen LogP contribution in [0.3, 0.4) is 0 Å². The summed E-state index contributed by atoms with van der Waals surface area (Å²) in [7, 11) is 0. The second kappa shape index (κ2) is 4.82. The zero-order valence-corrected chi connectivity index (χ0v) is 11.6. The van der Waals surface area contributed by atoms with Gasteiger partial charge in [0.2, 0.25) is 0 Å². The van der Waals surface area contributed by atoms with Gasteiger partial charge in [0.1, 0.15) is 17.0 Å². The van der Waals surface area contributed by atoms with Gasteiger partial charge in [0, 0.05) is 10.9 Å². The highest BCUT2D eigenvalue weighted by Gasteiger charge is 2.17. The number of nitrogens with zero attached hydrogens (tertiary/aromatic N) is 2. The van der Waals surface area contributed by atoms with Gasteiger partial charge in [0.25, 0.3) is 0 Å². The largest absolute Gasteiger partial charge is 0.367 e. The van der Waals surface area contributed by atoms with E-state index in [0.29, 0.717) is 6.04 Å². The van der Waals surface area contributed by atoms with Crippen LogP contribution in [0.25, 0.3) is 10.2 Å². The van der Waals surface area contributed by atoms with Crippen molar-refractivity contribution in [3.8, 4) is 0 Å². The maximum atomic E-state index is 4.44. The number of hydrogen-bond acceptors (Lipinski definition) is 5. The summed E-state index contributed by atoms with van der Waals surface area (Å²) in [4.78, 5) is 11.2. The van der Waals surface area contributed by atoms with E-state index >= 15 is 0 Å². The quantitative estimate of drug-likeness (QED) is 0.873. The molecule has 1 fully saturated rings. The molecule has 2 aromatic rings. The Labute approximate surface area is 111 Å². The zero-order valence-electron chi connectivity index (χ0n) is 10.8. The fraction of sp³-hybridized carbons (Fsp3) is 0.538. The highest BCUT2D eigenvalue weighted by atomic mass is 32.1. The van der Waals surface area contributed by atoms with Crippen LogP contribution in [0.5, 0.6) is 0 Å². The van der Waals surface area contributed by atoms with Crippen LogP contribution < -0.4 is 10.6 Å². The zero-order chi connectivity index (χ0) is 12.5. The van der Waals surface area contributed by atoms with Gasteiger partial charge in [-0.25, -0.2) is 9.97 Å². The summed E-state index contributed by atoms with van der Waals surface area (Å²) in [5.41, 5.74) is 1.31. The molecule has 0 atom stereocenters. The maximum Gasteiger partial charge on any atom is 0.138 e. The standard InChI is InChI=1S/C13H18N4S/c1-8-9(2)18-13-11(8)12(15-7-16-13)17-10-3-5-14-6-4-10/h7,10,14H,3-6H2,1-2H3,(H,15,16,17). The number of piperidine rings is 1. The molecule has 3 rings (SSSR count). The molecule has 0 bridgehead atoms. The second-order valence-electron chi connectivity index (χ2n) is 4.85. The van der Waals surface area contributed by atoms with Crippen molar-refractivity contribution in [2.24, 2.45) is 0 Å². The lowest BCUT2D eigenvalue weighted by Crippen LogP contribution is -2.35. The van der Waals surface area contributed by atoms with Gasteiger partial charge in [-0.05, 0) is 45.3 Å². The normalized spacial score (nSPS) is 17.2. The number of thiophene rings is 1. The molecular formula is C13H18N4S. The Hall–Kier alpha value is -1.20. The molecule has 0 spiro atoms. The summed E-state index contributed by atoms with van der Waals surface area (Å²) in [5, 5.41) is 8.18. The number of rotatable bonds is 2. The van der Waals surface area contributed by atoms with Crippen molar-refractivity contribution in [1.29, 1.82) is 0 Å². The van der Waals surface area contributed by atoms with Gasteiger partial charge in [0.05, 0.1) is 5.39 Å². The smallest absolute Gasteiger partial charge is 0.138 e. The van der Waals surface area contributed by atoms with Gasteiger partial charge in [-0.2, -0.15) is 0 Å². The van der Waals surface area contributed by atoms with Crippen LogP contribution in [0.1, 0.15) is 23.3 Å². The van der Waals surface area contributed by atoms with E-state index in [1.807, 2.05) is 0 Å². The van der Waals surface area contributed by atoms with Crippen LogP contribution in [0, 0.1) is 13.8 Å². The molecule has 0 aliphatic carbocycles. The van der Waals surface area contributed by atoms with Crippen molar-refractivity contribution in [2.45, 2.75) is 32.7 Å². The molecule has 2 aromatic heterocycles. The molecule has 1 saturated heterocycles. The van der Waals surface area contributed by atoms with Crippen LogP contribution in [-0.4, -0.2) is 29.1 Å². The first-order chi connectivity index (χ1) is 8.75. The van der Waals surface area contributed by atoms with Crippen molar-refractivity contribution in [3.05, 3.63) is 16.8 Å². The Balaban J connectivity index is 1.95. The molecule has 4 nitrogen and oxygen atoms in total. The summed E-state index contributed by atoms with van der Waals surface area (Å²) in [6, 6.07) is 0.531. The lowest BCUT2D eigenvalue weighted by molar-refractivity contribution is 0.478. The first kappa shape index (κ1) is 11.9. The maximum absolute atomic E-state index is 4.44. The van der Waals surface area contributed by atoms with Crippen LogP contribution in [-0.2, 0) is 0 Å². The summed E-state index contributed by atoms with van der Waals surface area (Å²) >= 11 is 1.75. The SMILES string of the molecule is Cc1sc2ncnc(NC3CCNCC3)c2c1C. The van der Waals surface area contributed by atoms with E-state index in [1.165, 1.54) is 15.8 Å². The van der Waals surface area contributed by atoms with Gasteiger partial charge in [-0.15, -0.1) is 11.3 Å². The third-order valence-corrected chi connectivity index (χ3v) is 4.76. The van der Waals surface area contributed by atoms with E-state index in [4.69, 9.17) is 0 Å². The van der Waals surface area contributed by atoms with E-state index in [2.05, 4.69) is 34.4 Å². The van der Waals surface area contributed by atoms with E-state index in [9.17, 15) is 0 Å². The highest BCUT2D eigenvalue weighted by molar-refractivity contribution is 7.18. The molecule has 0 saturated carbocycles. The molecule has 2 N–H and O–H groups in total. The summed E-state index contributed by atoms with van der Waals surface area (Å²) in [6.07, 6.45) is 3.99. The molecule has 0 radical (unpaired) electrons. The van der Waals surface area contributed by atoms with Crippen LogP contribution >= 0.6 is 11.3 Å². The second-order valence-corrected chi connectivity index (χ2v) is 6.06. The van der Waals surface area contributed by atoms with Crippen LogP contribution in [0.15, 0.2) is 6.33 Å². The molecule has 0 unspecified atom stereocenters. The third-order valence-electron chi connectivity index (χ3n) is 3.65. The third kappa shape index (κ3) is 2.08. The molecule has 96 valence electrons.